The molecule has 1 amide bonds. The number of carbonyl (C=O) groups excluding carboxylic acids is 1. The first-order valence-electron chi connectivity index (χ1n) is 9.67. The second-order valence-electron chi connectivity index (χ2n) is 7.53. The molecule has 8 heteroatoms. The van der Waals surface area contributed by atoms with Crippen molar-refractivity contribution in [3.05, 3.63) is 59.4 Å². The van der Waals surface area contributed by atoms with E-state index in [2.05, 4.69) is 5.32 Å². The number of hydrogen-bond donors (Lipinski definition) is 2. The first-order chi connectivity index (χ1) is 13.7. The molecule has 1 saturated heterocycles. The monoisotopic (exact) mass is 420 g/mol. The van der Waals surface area contributed by atoms with Gasteiger partial charge >= 0.3 is 0 Å². The molecule has 29 heavy (non-hydrogen) atoms. The van der Waals surface area contributed by atoms with Gasteiger partial charge in [-0.15, -0.1) is 0 Å². The van der Waals surface area contributed by atoms with Crippen molar-refractivity contribution in [2.24, 2.45) is 0 Å². The minimum atomic E-state index is -3.55. The third-order valence-corrected chi connectivity index (χ3v) is 7.47. The summed E-state index contributed by atoms with van der Waals surface area (Å²) in [5.74, 6) is -0.621. The number of rotatable bonds is 5. The van der Waals surface area contributed by atoms with Crippen molar-refractivity contribution in [2.75, 3.05) is 31.5 Å². The number of nitrogens with one attached hydrogen (secondary N) is 2. The van der Waals surface area contributed by atoms with Crippen LogP contribution in [0.2, 0.25) is 0 Å². The van der Waals surface area contributed by atoms with E-state index in [9.17, 15) is 17.6 Å². The lowest BCUT2D eigenvalue weighted by Gasteiger charge is -2.34. The highest BCUT2D eigenvalue weighted by Gasteiger charge is 2.34. The minimum Gasteiger partial charge on any atom is -0.323 e. The number of carbonyl (C=O) groups is 1. The Morgan fingerprint density at radius 3 is 2.41 bits per heavy atom. The Bertz CT molecular complexity index is 1000. The van der Waals surface area contributed by atoms with Crippen LogP contribution in [0.3, 0.4) is 0 Å². The van der Waals surface area contributed by atoms with Gasteiger partial charge in [0, 0.05) is 5.69 Å². The molecule has 1 atom stereocenters. The molecule has 6 nitrogen and oxygen atoms in total. The smallest absolute Gasteiger partial charge is 0.282 e. The quantitative estimate of drug-likeness (QED) is 0.767. The fourth-order valence-corrected chi connectivity index (χ4v) is 5.00. The van der Waals surface area contributed by atoms with Crippen LogP contribution in [0.5, 0.6) is 0 Å². The Labute approximate surface area is 171 Å². The summed E-state index contributed by atoms with van der Waals surface area (Å²) in [7, 11) is -3.55. The molecule has 1 fully saturated rings. The number of nitrogens with zero attached hydrogens (tertiary/aromatic N) is 1. The summed E-state index contributed by atoms with van der Waals surface area (Å²) in [6, 6.07) is 10.6. The summed E-state index contributed by atoms with van der Waals surface area (Å²) in [5, 5.41) is 2.73. The highest BCUT2D eigenvalue weighted by atomic mass is 32.2. The van der Waals surface area contributed by atoms with E-state index in [1.165, 1.54) is 16.4 Å². The zero-order chi connectivity index (χ0) is 21.2. The number of halogens is 1. The summed E-state index contributed by atoms with van der Waals surface area (Å²) in [6.07, 6.45) is 0. The Hall–Kier alpha value is -2.29. The second kappa shape index (κ2) is 8.61. The van der Waals surface area contributed by atoms with Gasteiger partial charge in [0.1, 0.15) is 5.82 Å². The average molecular weight is 421 g/mol. The fourth-order valence-electron chi connectivity index (χ4n) is 3.47. The molecular weight excluding hydrogens is 393 g/mol. The van der Waals surface area contributed by atoms with Gasteiger partial charge in [0.2, 0.25) is 10.0 Å². The average Bonchev–Trinajstić information content (AvgIpc) is 2.69. The summed E-state index contributed by atoms with van der Waals surface area (Å²) >= 11 is 0. The topological polar surface area (TPSA) is 70.9 Å². The van der Waals surface area contributed by atoms with Crippen molar-refractivity contribution in [1.82, 2.24) is 4.31 Å². The van der Waals surface area contributed by atoms with Crippen molar-refractivity contribution in [3.63, 3.8) is 0 Å². The lowest BCUT2D eigenvalue weighted by molar-refractivity contribution is -0.917. The molecule has 0 radical (unpaired) electrons. The van der Waals surface area contributed by atoms with E-state index in [4.69, 9.17) is 0 Å². The van der Waals surface area contributed by atoms with Crippen molar-refractivity contribution in [2.45, 2.75) is 31.7 Å². The maximum absolute atomic E-state index is 13.3. The van der Waals surface area contributed by atoms with Gasteiger partial charge in [0.25, 0.3) is 5.91 Å². The van der Waals surface area contributed by atoms with Gasteiger partial charge in [-0.1, -0.05) is 12.1 Å². The van der Waals surface area contributed by atoms with Gasteiger partial charge in [-0.05, 0) is 62.2 Å². The molecule has 156 valence electrons. The molecule has 2 aromatic carbocycles. The standard InChI is InChI=1S/C21H26FN3O3S/c1-15-7-8-20(13-16(15)2)29(27,28)25-11-9-24(10-12-25)17(3)21(26)23-19-6-4-5-18(22)14-19/h4-8,13-14,17H,9-12H2,1-3H3,(H,23,26)/p+1/t17-/m1/s1. The van der Waals surface area contributed by atoms with Gasteiger partial charge in [-0.2, -0.15) is 4.31 Å². The van der Waals surface area contributed by atoms with Crippen LogP contribution in [0.25, 0.3) is 0 Å². The summed E-state index contributed by atoms with van der Waals surface area (Å²) < 4.78 is 40.7. The zero-order valence-corrected chi connectivity index (χ0v) is 17.7. The van der Waals surface area contributed by atoms with Crippen molar-refractivity contribution < 1.29 is 22.5 Å². The first kappa shape index (κ1) is 21.4. The fraction of sp³-hybridized carbons (Fsp3) is 0.381. The van der Waals surface area contributed by atoms with Gasteiger partial charge < -0.3 is 10.2 Å². The molecule has 0 aliphatic carbocycles. The Balaban J connectivity index is 1.61. The summed E-state index contributed by atoms with van der Waals surface area (Å²) in [4.78, 5) is 13.8. The molecule has 0 saturated carbocycles. The molecule has 0 bridgehead atoms. The van der Waals surface area contributed by atoms with E-state index in [1.54, 1.807) is 31.2 Å². The largest absolute Gasteiger partial charge is 0.323 e. The van der Waals surface area contributed by atoms with Gasteiger partial charge in [0.15, 0.2) is 6.04 Å². The van der Waals surface area contributed by atoms with E-state index in [0.717, 1.165) is 16.0 Å². The Morgan fingerprint density at radius 2 is 1.79 bits per heavy atom. The van der Waals surface area contributed by atoms with Gasteiger partial charge in [-0.25, -0.2) is 12.8 Å². The molecule has 3 rings (SSSR count). The second-order valence-corrected chi connectivity index (χ2v) is 9.47. The summed E-state index contributed by atoms with van der Waals surface area (Å²) in [6.45, 7) is 7.41. The highest BCUT2D eigenvalue weighted by molar-refractivity contribution is 7.89. The Morgan fingerprint density at radius 1 is 1.10 bits per heavy atom. The predicted molar refractivity (Wildman–Crippen MR) is 110 cm³/mol. The van der Waals surface area contributed by atoms with E-state index >= 15 is 0 Å². The maximum Gasteiger partial charge on any atom is 0.282 e. The van der Waals surface area contributed by atoms with Gasteiger partial charge in [-0.3, -0.25) is 4.79 Å². The first-order valence-corrected chi connectivity index (χ1v) is 11.1. The van der Waals surface area contributed by atoms with E-state index < -0.39 is 15.8 Å². The van der Waals surface area contributed by atoms with Crippen LogP contribution in [-0.2, 0) is 14.8 Å². The molecular formula is C21H27FN3O3S+. The van der Waals surface area contributed by atoms with Crippen molar-refractivity contribution in [1.29, 1.82) is 0 Å². The van der Waals surface area contributed by atoms with Crippen molar-refractivity contribution >= 4 is 21.6 Å². The SMILES string of the molecule is Cc1ccc(S(=O)(=O)N2CC[NH+]([C@H](C)C(=O)Nc3cccc(F)c3)CC2)cc1C. The third-order valence-electron chi connectivity index (χ3n) is 5.58. The van der Waals surface area contributed by atoms with E-state index in [-0.39, 0.29) is 11.9 Å². The van der Waals surface area contributed by atoms with E-state index in [1.807, 2.05) is 19.9 Å². The number of hydrogen-bond acceptors (Lipinski definition) is 3. The maximum atomic E-state index is 13.3. The van der Waals surface area contributed by atoms with Crippen LogP contribution < -0.4 is 10.2 Å². The molecule has 1 heterocycles. The van der Waals surface area contributed by atoms with E-state index in [0.29, 0.717) is 36.8 Å². The predicted octanol–water partition coefficient (Wildman–Crippen LogP) is 1.36. The molecule has 2 aromatic rings. The molecule has 1 aliphatic rings. The highest BCUT2D eigenvalue weighted by Crippen LogP contribution is 2.19. The minimum absolute atomic E-state index is 0.212. The van der Waals surface area contributed by atoms with Gasteiger partial charge in [0.05, 0.1) is 31.1 Å². The number of anilines is 1. The molecule has 1 aliphatic heterocycles. The van der Waals surface area contributed by atoms with Crippen LogP contribution in [0.4, 0.5) is 10.1 Å². The number of piperazine rings is 1. The zero-order valence-electron chi connectivity index (χ0n) is 16.9. The lowest BCUT2D eigenvalue weighted by atomic mass is 10.1. The van der Waals surface area contributed by atoms with Crippen LogP contribution in [0.1, 0.15) is 18.1 Å². The molecule has 0 unspecified atom stereocenters. The summed E-state index contributed by atoms with van der Waals surface area (Å²) in [5.41, 5.74) is 2.41. The number of aryl methyl sites for hydroxylation is 2. The van der Waals surface area contributed by atoms with Crippen molar-refractivity contribution in [3.8, 4) is 0 Å². The molecule has 2 N–H and O–H groups in total. The number of amides is 1. The van der Waals surface area contributed by atoms with Crippen LogP contribution in [-0.4, -0.2) is 50.9 Å². The Kier molecular flexibility index (Phi) is 6.36. The van der Waals surface area contributed by atoms with Crippen LogP contribution >= 0.6 is 0 Å². The number of benzene rings is 2. The molecule has 0 aromatic heterocycles. The van der Waals surface area contributed by atoms with Crippen LogP contribution in [0, 0.1) is 19.7 Å². The van der Waals surface area contributed by atoms with Crippen LogP contribution in [0.15, 0.2) is 47.4 Å². The number of quaternary nitrogens is 1. The number of sulfonamides is 1. The molecule has 0 spiro atoms. The lowest BCUT2D eigenvalue weighted by Crippen LogP contribution is -3.19. The third kappa shape index (κ3) is 4.83. The normalized spacial score (nSPS) is 17.1.